The van der Waals surface area contributed by atoms with E-state index >= 15 is 0 Å². The van der Waals surface area contributed by atoms with Crippen LogP contribution in [0.4, 0.5) is 5.69 Å². The Hall–Kier alpha value is -1.90. The van der Waals surface area contributed by atoms with E-state index in [0.717, 1.165) is 75.7 Å². The third-order valence-corrected chi connectivity index (χ3v) is 7.35. The number of piperidine rings is 2. The lowest BCUT2D eigenvalue weighted by Gasteiger charge is -2.36. The van der Waals surface area contributed by atoms with Crippen LogP contribution in [-0.4, -0.2) is 74.4 Å². The SMILES string of the molecule is O=C(C1CCN(c2ccc3nc(OC4CCNCC4)sc3c2)CC1)N1CCOCC1. The number of nitrogens with zero attached hydrogens (tertiary/aromatic N) is 3. The number of fused-ring (bicyclic) bond motifs is 1. The molecule has 1 N–H and O–H groups in total. The second-order valence-corrected chi connectivity index (χ2v) is 9.39. The summed E-state index contributed by atoms with van der Waals surface area (Å²) >= 11 is 1.64. The van der Waals surface area contributed by atoms with Crippen molar-refractivity contribution < 1.29 is 14.3 Å². The maximum absolute atomic E-state index is 12.8. The Morgan fingerprint density at radius 1 is 1.10 bits per heavy atom. The number of hydrogen-bond acceptors (Lipinski definition) is 7. The summed E-state index contributed by atoms with van der Waals surface area (Å²) in [6.45, 7) is 6.69. The molecule has 0 unspecified atom stereocenters. The van der Waals surface area contributed by atoms with Gasteiger partial charge in [0.2, 0.25) is 5.91 Å². The highest BCUT2D eigenvalue weighted by atomic mass is 32.1. The molecule has 3 aliphatic rings. The molecule has 0 radical (unpaired) electrons. The van der Waals surface area contributed by atoms with Crippen molar-refractivity contribution in [3.63, 3.8) is 0 Å². The number of morpholine rings is 1. The average molecular weight is 431 g/mol. The van der Waals surface area contributed by atoms with Gasteiger partial charge in [0.25, 0.3) is 5.19 Å². The zero-order valence-corrected chi connectivity index (χ0v) is 18.2. The molecule has 30 heavy (non-hydrogen) atoms. The Balaban J connectivity index is 1.20. The number of rotatable bonds is 4. The smallest absolute Gasteiger partial charge is 0.274 e. The molecule has 3 saturated heterocycles. The van der Waals surface area contributed by atoms with Crippen molar-refractivity contribution in [2.75, 3.05) is 57.4 Å². The molecule has 1 amide bonds. The van der Waals surface area contributed by atoms with Gasteiger partial charge in [-0.3, -0.25) is 4.79 Å². The van der Waals surface area contributed by atoms with Crippen molar-refractivity contribution >= 4 is 33.1 Å². The number of amides is 1. The van der Waals surface area contributed by atoms with Crippen molar-refractivity contribution in [1.29, 1.82) is 0 Å². The fraction of sp³-hybridized carbons (Fsp3) is 0.636. The van der Waals surface area contributed by atoms with Crippen LogP contribution in [0.1, 0.15) is 25.7 Å². The van der Waals surface area contributed by atoms with E-state index in [1.165, 1.54) is 10.4 Å². The highest BCUT2D eigenvalue weighted by Gasteiger charge is 2.29. The predicted octanol–water partition coefficient (Wildman–Crippen LogP) is 2.50. The van der Waals surface area contributed by atoms with Gasteiger partial charge >= 0.3 is 0 Å². The summed E-state index contributed by atoms with van der Waals surface area (Å²) in [6.07, 6.45) is 4.19. The van der Waals surface area contributed by atoms with Gasteiger partial charge in [0.15, 0.2) is 0 Å². The fourth-order valence-electron chi connectivity index (χ4n) is 4.62. The van der Waals surface area contributed by atoms with E-state index in [0.29, 0.717) is 19.1 Å². The zero-order chi connectivity index (χ0) is 20.3. The maximum atomic E-state index is 12.8. The van der Waals surface area contributed by atoms with Crippen LogP contribution in [0, 0.1) is 5.92 Å². The molecule has 4 heterocycles. The quantitative estimate of drug-likeness (QED) is 0.804. The van der Waals surface area contributed by atoms with E-state index in [9.17, 15) is 4.79 Å². The minimum Gasteiger partial charge on any atom is -0.467 e. The summed E-state index contributed by atoms with van der Waals surface area (Å²) in [4.78, 5) is 21.8. The van der Waals surface area contributed by atoms with E-state index in [1.807, 2.05) is 4.90 Å². The molecule has 7 nitrogen and oxygen atoms in total. The summed E-state index contributed by atoms with van der Waals surface area (Å²) in [7, 11) is 0. The van der Waals surface area contributed by atoms with E-state index < -0.39 is 0 Å². The van der Waals surface area contributed by atoms with Crippen LogP contribution in [0.25, 0.3) is 10.2 Å². The molecule has 2 aromatic rings. The topological polar surface area (TPSA) is 66.9 Å². The molecule has 0 aliphatic carbocycles. The Bertz CT molecular complexity index is 868. The molecule has 1 aromatic carbocycles. The zero-order valence-electron chi connectivity index (χ0n) is 17.3. The van der Waals surface area contributed by atoms with Crippen molar-refractivity contribution in [2.45, 2.75) is 31.8 Å². The fourth-order valence-corrected chi connectivity index (χ4v) is 5.54. The summed E-state index contributed by atoms with van der Waals surface area (Å²) in [6, 6.07) is 6.48. The monoisotopic (exact) mass is 430 g/mol. The number of carbonyl (C=O) groups excluding carboxylic acids is 1. The predicted molar refractivity (Wildman–Crippen MR) is 118 cm³/mol. The molecule has 3 fully saturated rings. The van der Waals surface area contributed by atoms with Crippen LogP contribution < -0.4 is 15.0 Å². The molecule has 0 saturated carbocycles. The molecule has 5 rings (SSSR count). The summed E-state index contributed by atoms with van der Waals surface area (Å²) in [5.74, 6) is 0.465. The minimum atomic E-state index is 0.150. The highest BCUT2D eigenvalue weighted by Crippen LogP contribution is 2.33. The number of nitrogens with one attached hydrogen (secondary N) is 1. The summed E-state index contributed by atoms with van der Waals surface area (Å²) in [5, 5.41) is 4.15. The first kappa shape index (κ1) is 20.0. The van der Waals surface area contributed by atoms with Gasteiger partial charge in [0, 0.05) is 37.8 Å². The van der Waals surface area contributed by atoms with Gasteiger partial charge in [-0.25, -0.2) is 4.98 Å². The van der Waals surface area contributed by atoms with E-state index in [1.54, 1.807) is 11.3 Å². The van der Waals surface area contributed by atoms with Gasteiger partial charge in [0.1, 0.15) is 6.10 Å². The second-order valence-electron chi connectivity index (χ2n) is 8.40. The van der Waals surface area contributed by atoms with Gasteiger partial charge in [-0.2, -0.15) is 0 Å². The second kappa shape index (κ2) is 9.08. The Morgan fingerprint density at radius 3 is 2.63 bits per heavy atom. The van der Waals surface area contributed by atoms with Crippen LogP contribution in [-0.2, 0) is 9.53 Å². The lowest BCUT2D eigenvalue weighted by atomic mass is 9.94. The molecule has 0 spiro atoms. The largest absolute Gasteiger partial charge is 0.467 e. The van der Waals surface area contributed by atoms with Crippen LogP contribution in [0.15, 0.2) is 18.2 Å². The van der Waals surface area contributed by atoms with Crippen LogP contribution in [0.2, 0.25) is 0 Å². The summed E-state index contributed by atoms with van der Waals surface area (Å²) in [5.41, 5.74) is 2.22. The summed E-state index contributed by atoms with van der Waals surface area (Å²) < 4.78 is 12.7. The molecule has 1 aromatic heterocycles. The Morgan fingerprint density at radius 2 is 1.87 bits per heavy atom. The number of carbonyl (C=O) groups is 1. The highest BCUT2D eigenvalue weighted by molar-refractivity contribution is 7.20. The molecule has 0 atom stereocenters. The Kier molecular flexibility index (Phi) is 6.06. The van der Waals surface area contributed by atoms with Crippen molar-refractivity contribution in [1.82, 2.24) is 15.2 Å². The van der Waals surface area contributed by atoms with Gasteiger partial charge in [0.05, 0.1) is 23.4 Å². The Labute approximate surface area is 181 Å². The number of ether oxygens (including phenoxy) is 2. The first-order chi connectivity index (χ1) is 14.8. The molecule has 0 bridgehead atoms. The number of anilines is 1. The van der Waals surface area contributed by atoms with Gasteiger partial charge in [-0.05, 0) is 57.0 Å². The standard InChI is InChI=1S/C22H30N4O3S/c27-21(26-11-13-28-14-12-26)16-5-9-25(10-6-16)17-1-2-19-20(15-17)30-22(24-19)29-18-3-7-23-8-4-18/h1-2,15-16,18,23H,3-14H2. The first-order valence-electron chi connectivity index (χ1n) is 11.2. The molecular weight excluding hydrogens is 400 g/mol. The third-order valence-electron chi connectivity index (χ3n) is 6.44. The number of thiazole rings is 1. The number of hydrogen-bond donors (Lipinski definition) is 1. The minimum absolute atomic E-state index is 0.150. The molecule has 162 valence electrons. The molecule has 3 aliphatic heterocycles. The molecule has 8 heteroatoms. The van der Waals surface area contributed by atoms with Gasteiger partial charge in [-0.1, -0.05) is 11.3 Å². The van der Waals surface area contributed by atoms with E-state index in [-0.39, 0.29) is 12.0 Å². The van der Waals surface area contributed by atoms with Gasteiger partial charge in [-0.15, -0.1) is 0 Å². The van der Waals surface area contributed by atoms with Crippen LogP contribution >= 0.6 is 11.3 Å². The van der Waals surface area contributed by atoms with Gasteiger partial charge < -0.3 is 24.6 Å². The molecular formula is C22H30N4O3S. The maximum Gasteiger partial charge on any atom is 0.274 e. The third kappa shape index (κ3) is 4.40. The lowest BCUT2D eigenvalue weighted by Crippen LogP contribution is -2.46. The van der Waals surface area contributed by atoms with E-state index in [2.05, 4.69) is 33.4 Å². The first-order valence-corrected chi connectivity index (χ1v) is 12.0. The van der Waals surface area contributed by atoms with Crippen molar-refractivity contribution in [2.24, 2.45) is 5.92 Å². The van der Waals surface area contributed by atoms with Crippen molar-refractivity contribution in [3.05, 3.63) is 18.2 Å². The van der Waals surface area contributed by atoms with E-state index in [4.69, 9.17) is 9.47 Å². The lowest BCUT2D eigenvalue weighted by molar-refractivity contribution is -0.140. The average Bonchev–Trinajstić information content (AvgIpc) is 3.21. The van der Waals surface area contributed by atoms with Crippen molar-refractivity contribution in [3.8, 4) is 5.19 Å². The van der Waals surface area contributed by atoms with Crippen LogP contribution in [0.5, 0.6) is 5.19 Å². The van der Waals surface area contributed by atoms with Crippen LogP contribution in [0.3, 0.4) is 0 Å². The number of aromatic nitrogens is 1. The number of benzene rings is 1. The normalized spacial score (nSPS) is 21.9.